The van der Waals surface area contributed by atoms with E-state index in [1.54, 1.807) is 18.3 Å². The molecule has 2 heterocycles. The lowest BCUT2D eigenvalue weighted by Gasteiger charge is -2.05. The lowest BCUT2D eigenvalue weighted by molar-refractivity contribution is 0.0594. The Morgan fingerprint density at radius 2 is 2.33 bits per heavy atom. The number of esters is 1. The SMILES string of the molecule is COC(=O)c1cc(NCc2ccc(Cl)s2)ccn1. The van der Waals surface area contributed by atoms with Gasteiger partial charge in [0.2, 0.25) is 0 Å². The van der Waals surface area contributed by atoms with E-state index < -0.39 is 5.97 Å². The number of halogens is 1. The Bertz CT molecular complexity index is 557. The van der Waals surface area contributed by atoms with Crippen molar-refractivity contribution in [3.05, 3.63) is 45.4 Å². The maximum absolute atomic E-state index is 11.3. The second-order valence-corrected chi connectivity index (χ2v) is 5.28. The number of carbonyl (C=O) groups is 1. The third-order valence-electron chi connectivity index (χ3n) is 2.25. The summed E-state index contributed by atoms with van der Waals surface area (Å²) in [5.41, 5.74) is 1.10. The van der Waals surface area contributed by atoms with Crippen LogP contribution in [0.2, 0.25) is 4.34 Å². The van der Waals surface area contributed by atoms with Crippen LogP contribution in [0, 0.1) is 0 Å². The van der Waals surface area contributed by atoms with Crippen molar-refractivity contribution in [2.24, 2.45) is 0 Å². The van der Waals surface area contributed by atoms with Crippen LogP contribution in [0.4, 0.5) is 5.69 Å². The molecule has 0 saturated carbocycles. The lowest BCUT2D eigenvalue weighted by atomic mass is 10.3. The topological polar surface area (TPSA) is 51.2 Å². The second kappa shape index (κ2) is 5.84. The van der Waals surface area contributed by atoms with Gasteiger partial charge in [-0.3, -0.25) is 0 Å². The highest BCUT2D eigenvalue weighted by atomic mass is 35.5. The number of rotatable bonds is 4. The monoisotopic (exact) mass is 282 g/mol. The molecular formula is C12H11ClN2O2S. The van der Waals surface area contributed by atoms with Crippen molar-refractivity contribution in [1.82, 2.24) is 4.98 Å². The number of ether oxygens (including phenoxy) is 1. The number of carbonyl (C=O) groups excluding carboxylic acids is 1. The summed E-state index contributed by atoms with van der Waals surface area (Å²) in [6, 6.07) is 7.26. The van der Waals surface area contributed by atoms with E-state index in [2.05, 4.69) is 15.0 Å². The zero-order valence-electron chi connectivity index (χ0n) is 9.64. The Morgan fingerprint density at radius 3 is 3.00 bits per heavy atom. The third-order valence-corrected chi connectivity index (χ3v) is 3.48. The molecule has 0 saturated heterocycles. The quantitative estimate of drug-likeness (QED) is 0.875. The van der Waals surface area contributed by atoms with Gasteiger partial charge in [-0.15, -0.1) is 11.3 Å². The molecule has 6 heteroatoms. The molecule has 0 aliphatic carbocycles. The van der Waals surface area contributed by atoms with E-state index in [1.165, 1.54) is 18.4 Å². The number of anilines is 1. The fraction of sp³-hybridized carbons (Fsp3) is 0.167. The summed E-state index contributed by atoms with van der Waals surface area (Å²) in [5.74, 6) is -0.446. The molecule has 18 heavy (non-hydrogen) atoms. The Morgan fingerprint density at radius 1 is 1.50 bits per heavy atom. The molecule has 4 nitrogen and oxygen atoms in total. The predicted molar refractivity (Wildman–Crippen MR) is 72.2 cm³/mol. The fourth-order valence-electron chi connectivity index (χ4n) is 1.39. The zero-order chi connectivity index (χ0) is 13.0. The van der Waals surface area contributed by atoms with E-state index >= 15 is 0 Å². The van der Waals surface area contributed by atoms with Crippen LogP contribution in [0.3, 0.4) is 0 Å². The highest BCUT2D eigenvalue weighted by molar-refractivity contribution is 7.16. The van der Waals surface area contributed by atoms with Gasteiger partial charge in [0.25, 0.3) is 0 Å². The van der Waals surface area contributed by atoms with Gasteiger partial charge < -0.3 is 10.1 Å². The molecule has 0 unspecified atom stereocenters. The van der Waals surface area contributed by atoms with E-state index in [1.807, 2.05) is 12.1 Å². The molecule has 0 amide bonds. The molecular weight excluding hydrogens is 272 g/mol. The Kier molecular flexibility index (Phi) is 4.17. The first-order valence-corrected chi connectivity index (χ1v) is 6.41. The summed E-state index contributed by atoms with van der Waals surface area (Å²) in [6.45, 7) is 0.655. The number of nitrogens with one attached hydrogen (secondary N) is 1. The first-order valence-electron chi connectivity index (χ1n) is 5.21. The minimum absolute atomic E-state index is 0.284. The summed E-state index contributed by atoms with van der Waals surface area (Å²) in [4.78, 5) is 16.4. The van der Waals surface area contributed by atoms with Crippen molar-refractivity contribution in [1.29, 1.82) is 0 Å². The molecule has 0 spiro atoms. The molecule has 0 fully saturated rings. The van der Waals surface area contributed by atoms with E-state index in [0.717, 1.165) is 14.9 Å². The van der Waals surface area contributed by atoms with Gasteiger partial charge in [0, 0.05) is 23.3 Å². The molecule has 0 aromatic carbocycles. The van der Waals surface area contributed by atoms with E-state index in [0.29, 0.717) is 6.54 Å². The number of nitrogens with zero attached hydrogens (tertiary/aromatic N) is 1. The van der Waals surface area contributed by atoms with Crippen molar-refractivity contribution < 1.29 is 9.53 Å². The molecule has 0 aliphatic rings. The van der Waals surface area contributed by atoms with Gasteiger partial charge >= 0.3 is 5.97 Å². The van der Waals surface area contributed by atoms with E-state index in [-0.39, 0.29) is 5.69 Å². The normalized spacial score (nSPS) is 10.1. The van der Waals surface area contributed by atoms with Crippen LogP contribution in [0.1, 0.15) is 15.4 Å². The van der Waals surface area contributed by atoms with Gasteiger partial charge in [-0.25, -0.2) is 9.78 Å². The number of aromatic nitrogens is 1. The standard InChI is InChI=1S/C12H11ClN2O2S/c1-17-12(16)10-6-8(4-5-14-10)15-7-9-2-3-11(13)18-9/h2-6H,7H2,1H3,(H,14,15). The van der Waals surface area contributed by atoms with Crippen LogP contribution in [-0.4, -0.2) is 18.1 Å². The lowest BCUT2D eigenvalue weighted by Crippen LogP contribution is -2.05. The van der Waals surface area contributed by atoms with Crippen molar-refractivity contribution in [3.63, 3.8) is 0 Å². The molecule has 2 aromatic heterocycles. The Hall–Kier alpha value is -1.59. The van der Waals surface area contributed by atoms with Crippen molar-refractivity contribution in [2.45, 2.75) is 6.54 Å². The molecule has 0 aliphatic heterocycles. The molecule has 2 aromatic rings. The van der Waals surface area contributed by atoms with E-state index in [9.17, 15) is 4.79 Å². The van der Waals surface area contributed by atoms with Gasteiger partial charge in [-0.05, 0) is 24.3 Å². The maximum Gasteiger partial charge on any atom is 0.356 e. The van der Waals surface area contributed by atoms with Crippen molar-refractivity contribution >= 4 is 34.6 Å². The second-order valence-electron chi connectivity index (χ2n) is 3.48. The fourth-order valence-corrected chi connectivity index (χ4v) is 2.42. The summed E-state index contributed by atoms with van der Waals surface area (Å²) < 4.78 is 5.37. The Labute approximate surface area is 114 Å². The average Bonchev–Trinajstić information content (AvgIpc) is 2.81. The van der Waals surface area contributed by atoms with Crippen LogP contribution in [-0.2, 0) is 11.3 Å². The summed E-state index contributed by atoms with van der Waals surface area (Å²) in [6.07, 6.45) is 1.57. The molecule has 0 bridgehead atoms. The van der Waals surface area contributed by atoms with Crippen molar-refractivity contribution in [2.75, 3.05) is 12.4 Å². The van der Waals surface area contributed by atoms with Gasteiger partial charge in [0.05, 0.1) is 11.4 Å². The van der Waals surface area contributed by atoms with E-state index in [4.69, 9.17) is 11.6 Å². The minimum atomic E-state index is -0.446. The average molecular weight is 283 g/mol. The maximum atomic E-state index is 11.3. The first-order chi connectivity index (χ1) is 8.69. The zero-order valence-corrected chi connectivity index (χ0v) is 11.2. The van der Waals surface area contributed by atoms with Gasteiger partial charge in [0.1, 0.15) is 5.69 Å². The molecule has 0 atom stereocenters. The molecule has 1 N–H and O–H groups in total. The number of hydrogen-bond donors (Lipinski definition) is 1. The van der Waals surface area contributed by atoms with Crippen LogP contribution >= 0.6 is 22.9 Å². The minimum Gasteiger partial charge on any atom is -0.464 e. The van der Waals surface area contributed by atoms with Crippen LogP contribution in [0.15, 0.2) is 30.5 Å². The largest absolute Gasteiger partial charge is 0.464 e. The highest BCUT2D eigenvalue weighted by Crippen LogP contribution is 2.22. The van der Waals surface area contributed by atoms with Gasteiger partial charge in [0.15, 0.2) is 0 Å². The Balaban J connectivity index is 2.03. The summed E-state index contributed by atoms with van der Waals surface area (Å²) in [5, 5.41) is 3.20. The first kappa shape index (κ1) is 12.9. The third kappa shape index (κ3) is 3.21. The van der Waals surface area contributed by atoms with Crippen LogP contribution in [0.5, 0.6) is 0 Å². The summed E-state index contributed by atoms with van der Waals surface area (Å²) >= 11 is 7.36. The number of methoxy groups -OCH3 is 1. The number of thiophene rings is 1. The van der Waals surface area contributed by atoms with Gasteiger partial charge in [-0.1, -0.05) is 11.6 Å². The molecule has 94 valence electrons. The predicted octanol–water partition coefficient (Wildman–Crippen LogP) is 3.20. The van der Waals surface area contributed by atoms with Crippen molar-refractivity contribution in [3.8, 4) is 0 Å². The van der Waals surface area contributed by atoms with Gasteiger partial charge in [-0.2, -0.15) is 0 Å². The summed E-state index contributed by atoms with van der Waals surface area (Å²) in [7, 11) is 1.33. The van der Waals surface area contributed by atoms with Crippen LogP contribution < -0.4 is 5.32 Å². The smallest absolute Gasteiger partial charge is 0.356 e. The highest BCUT2D eigenvalue weighted by Gasteiger charge is 2.07. The molecule has 2 rings (SSSR count). The number of pyridine rings is 1. The number of hydrogen-bond acceptors (Lipinski definition) is 5. The molecule has 0 radical (unpaired) electrons. The van der Waals surface area contributed by atoms with Crippen LogP contribution in [0.25, 0.3) is 0 Å².